The van der Waals surface area contributed by atoms with Crippen molar-refractivity contribution in [1.82, 2.24) is 4.98 Å². The van der Waals surface area contributed by atoms with Gasteiger partial charge < -0.3 is 4.74 Å². The predicted molar refractivity (Wildman–Crippen MR) is 84.1 cm³/mol. The SMILES string of the molecule is COc1cccc(C2CC2C2=Nc3cnccc3C(=O)C2)c1. The molecule has 110 valence electrons. The van der Waals surface area contributed by atoms with E-state index >= 15 is 0 Å². The Kier molecular flexibility index (Phi) is 3.03. The summed E-state index contributed by atoms with van der Waals surface area (Å²) in [6.07, 6.45) is 4.81. The van der Waals surface area contributed by atoms with Gasteiger partial charge in [0.05, 0.1) is 19.0 Å². The van der Waals surface area contributed by atoms with Crippen molar-refractivity contribution < 1.29 is 9.53 Å². The average Bonchev–Trinajstić information content (AvgIpc) is 3.36. The normalized spacial score (nSPS) is 22.8. The number of aromatic nitrogens is 1. The molecule has 0 amide bonds. The maximum atomic E-state index is 12.2. The monoisotopic (exact) mass is 292 g/mol. The van der Waals surface area contributed by atoms with Crippen molar-refractivity contribution in [2.45, 2.75) is 18.8 Å². The molecule has 1 aromatic carbocycles. The molecule has 2 atom stereocenters. The zero-order valence-electron chi connectivity index (χ0n) is 12.3. The summed E-state index contributed by atoms with van der Waals surface area (Å²) in [4.78, 5) is 21.0. The number of benzene rings is 1. The lowest BCUT2D eigenvalue weighted by atomic mass is 9.97. The molecule has 4 heteroatoms. The van der Waals surface area contributed by atoms with E-state index < -0.39 is 0 Å². The highest BCUT2D eigenvalue weighted by Gasteiger charge is 2.43. The highest BCUT2D eigenvalue weighted by molar-refractivity contribution is 6.16. The molecule has 0 radical (unpaired) electrons. The maximum absolute atomic E-state index is 12.2. The van der Waals surface area contributed by atoms with Gasteiger partial charge in [0.15, 0.2) is 5.78 Å². The minimum absolute atomic E-state index is 0.152. The number of methoxy groups -OCH3 is 1. The van der Waals surface area contributed by atoms with E-state index in [1.54, 1.807) is 25.6 Å². The van der Waals surface area contributed by atoms with Crippen LogP contribution >= 0.6 is 0 Å². The summed E-state index contributed by atoms with van der Waals surface area (Å²) < 4.78 is 5.28. The summed E-state index contributed by atoms with van der Waals surface area (Å²) in [5.74, 6) is 1.84. The van der Waals surface area contributed by atoms with Crippen LogP contribution in [0.5, 0.6) is 5.75 Å². The molecule has 2 unspecified atom stereocenters. The zero-order chi connectivity index (χ0) is 15.1. The molecule has 2 aliphatic rings. The molecule has 0 spiro atoms. The zero-order valence-corrected chi connectivity index (χ0v) is 12.3. The number of fused-ring (bicyclic) bond motifs is 1. The van der Waals surface area contributed by atoms with Gasteiger partial charge in [-0.25, -0.2) is 0 Å². The predicted octanol–water partition coefficient (Wildman–Crippen LogP) is 3.55. The third kappa shape index (κ3) is 2.21. The summed E-state index contributed by atoms with van der Waals surface area (Å²) in [5, 5.41) is 0. The van der Waals surface area contributed by atoms with Gasteiger partial charge in [-0.05, 0) is 36.1 Å². The third-order valence-corrected chi connectivity index (χ3v) is 4.45. The lowest BCUT2D eigenvalue weighted by Crippen LogP contribution is -2.15. The van der Waals surface area contributed by atoms with Crippen LogP contribution in [0.2, 0.25) is 0 Å². The van der Waals surface area contributed by atoms with Crippen LogP contribution in [0, 0.1) is 5.92 Å². The second-order valence-electron chi connectivity index (χ2n) is 5.82. The number of aliphatic imine (C=N–C) groups is 1. The van der Waals surface area contributed by atoms with Crippen molar-refractivity contribution in [2.24, 2.45) is 10.9 Å². The highest BCUT2D eigenvalue weighted by atomic mass is 16.5. The fourth-order valence-corrected chi connectivity index (χ4v) is 3.18. The van der Waals surface area contributed by atoms with E-state index in [2.05, 4.69) is 22.1 Å². The summed E-state index contributed by atoms with van der Waals surface area (Å²) in [7, 11) is 1.68. The van der Waals surface area contributed by atoms with Gasteiger partial charge in [0.1, 0.15) is 5.75 Å². The number of nitrogens with zero attached hydrogens (tertiary/aromatic N) is 2. The molecule has 0 N–H and O–H groups in total. The Labute approximate surface area is 128 Å². The quantitative estimate of drug-likeness (QED) is 0.869. The molecule has 4 rings (SSSR count). The standard InChI is InChI=1S/C18H16N2O2/c1-22-12-4-2-3-11(7-12)14-8-15(14)16-9-18(21)13-5-6-19-10-17(13)20-16/h2-7,10,14-15H,8-9H2,1H3. The van der Waals surface area contributed by atoms with Crippen molar-refractivity contribution in [3.8, 4) is 5.75 Å². The van der Waals surface area contributed by atoms with Gasteiger partial charge in [-0.1, -0.05) is 12.1 Å². The fraction of sp³-hybridized carbons (Fsp3) is 0.278. The molecule has 2 heterocycles. The van der Waals surface area contributed by atoms with Gasteiger partial charge in [-0.2, -0.15) is 0 Å². The molecule has 2 aromatic rings. The molecule has 1 aliphatic heterocycles. The number of pyridine rings is 1. The molecule has 1 aliphatic carbocycles. The highest BCUT2D eigenvalue weighted by Crippen LogP contribution is 2.50. The Morgan fingerprint density at radius 2 is 2.14 bits per heavy atom. The minimum Gasteiger partial charge on any atom is -0.497 e. The second kappa shape index (κ2) is 5.05. The first-order chi connectivity index (χ1) is 10.8. The van der Waals surface area contributed by atoms with Crippen molar-refractivity contribution in [1.29, 1.82) is 0 Å². The summed E-state index contributed by atoms with van der Waals surface area (Å²) in [5.41, 5.74) is 3.66. The Balaban J connectivity index is 1.60. The molecular formula is C18H16N2O2. The molecule has 0 saturated heterocycles. The molecular weight excluding hydrogens is 276 g/mol. The van der Waals surface area contributed by atoms with Gasteiger partial charge in [0.25, 0.3) is 0 Å². The average molecular weight is 292 g/mol. The first-order valence-electron chi connectivity index (χ1n) is 7.45. The number of hydrogen-bond donors (Lipinski definition) is 0. The maximum Gasteiger partial charge on any atom is 0.170 e. The number of hydrogen-bond acceptors (Lipinski definition) is 4. The van der Waals surface area contributed by atoms with Crippen molar-refractivity contribution in [2.75, 3.05) is 7.11 Å². The summed E-state index contributed by atoms with van der Waals surface area (Å²) in [6.45, 7) is 0. The van der Waals surface area contributed by atoms with Crippen LogP contribution < -0.4 is 4.74 Å². The van der Waals surface area contributed by atoms with Gasteiger partial charge in [-0.3, -0.25) is 14.8 Å². The Hall–Kier alpha value is -2.49. The summed E-state index contributed by atoms with van der Waals surface area (Å²) >= 11 is 0. The topological polar surface area (TPSA) is 51.6 Å². The van der Waals surface area contributed by atoms with Crippen LogP contribution in [0.25, 0.3) is 0 Å². The van der Waals surface area contributed by atoms with Gasteiger partial charge in [0, 0.05) is 29.8 Å². The number of carbonyl (C=O) groups excluding carboxylic acids is 1. The number of ketones is 1. The first-order valence-corrected chi connectivity index (χ1v) is 7.45. The van der Waals surface area contributed by atoms with Crippen LogP contribution in [0.4, 0.5) is 5.69 Å². The molecule has 0 bridgehead atoms. The molecule has 1 fully saturated rings. The van der Waals surface area contributed by atoms with E-state index in [1.807, 2.05) is 12.1 Å². The molecule has 4 nitrogen and oxygen atoms in total. The van der Waals surface area contributed by atoms with E-state index in [0.29, 0.717) is 29.5 Å². The Bertz CT molecular complexity index is 782. The first kappa shape index (κ1) is 13.2. The van der Waals surface area contributed by atoms with Gasteiger partial charge in [0.2, 0.25) is 0 Å². The molecule has 1 saturated carbocycles. The molecule has 1 aromatic heterocycles. The molecule has 22 heavy (non-hydrogen) atoms. The number of carbonyl (C=O) groups is 1. The second-order valence-corrected chi connectivity index (χ2v) is 5.82. The van der Waals surface area contributed by atoms with Crippen molar-refractivity contribution >= 4 is 17.2 Å². The Morgan fingerprint density at radius 1 is 1.23 bits per heavy atom. The minimum atomic E-state index is 0.152. The fourth-order valence-electron chi connectivity index (χ4n) is 3.18. The third-order valence-electron chi connectivity index (χ3n) is 4.45. The van der Waals surface area contributed by atoms with Crippen LogP contribution in [0.15, 0.2) is 47.7 Å². The van der Waals surface area contributed by atoms with E-state index in [1.165, 1.54) is 5.56 Å². The van der Waals surface area contributed by atoms with Crippen LogP contribution in [-0.2, 0) is 0 Å². The Morgan fingerprint density at radius 3 is 3.00 bits per heavy atom. The largest absolute Gasteiger partial charge is 0.497 e. The number of ether oxygens (including phenoxy) is 1. The van der Waals surface area contributed by atoms with Gasteiger partial charge in [-0.15, -0.1) is 0 Å². The van der Waals surface area contributed by atoms with Crippen LogP contribution in [0.3, 0.4) is 0 Å². The smallest absolute Gasteiger partial charge is 0.170 e. The number of rotatable bonds is 3. The van der Waals surface area contributed by atoms with E-state index in [4.69, 9.17) is 4.74 Å². The van der Waals surface area contributed by atoms with E-state index in [-0.39, 0.29) is 5.78 Å². The number of Topliss-reactive ketones (excluding diaryl/α,β-unsaturated/α-hetero) is 1. The van der Waals surface area contributed by atoms with Gasteiger partial charge >= 0.3 is 0 Å². The van der Waals surface area contributed by atoms with Crippen LogP contribution in [-0.4, -0.2) is 23.6 Å². The van der Waals surface area contributed by atoms with Crippen molar-refractivity contribution in [3.63, 3.8) is 0 Å². The van der Waals surface area contributed by atoms with Crippen molar-refractivity contribution in [3.05, 3.63) is 53.9 Å². The summed E-state index contributed by atoms with van der Waals surface area (Å²) in [6, 6.07) is 9.91. The van der Waals surface area contributed by atoms with Crippen LogP contribution in [0.1, 0.15) is 34.7 Å². The van der Waals surface area contributed by atoms with E-state index in [9.17, 15) is 4.79 Å². The lowest BCUT2D eigenvalue weighted by molar-refractivity contribution is 0.0999. The van der Waals surface area contributed by atoms with E-state index in [0.717, 1.165) is 17.9 Å². The lowest BCUT2D eigenvalue weighted by Gasteiger charge is -2.14.